The average Bonchev–Trinajstić information content (AvgIpc) is 3.33. The van der Waals surface area contributed by atoms with Crippen LogP contribution in [0.1, 0.15) is 40.4 Å². The van der Waals surface area contributed by atoms with Gasteiger partial charge in [0, 0.05) is 18.9 Å². The Hall–Kier alpha value is -2.73. The van der Waals surface area contributed by atoms with Crippen molar-refractivity contribution in [3.8, 4) is 0 Å². The smallest absolute Gasteiger partial charge is 0.256 e. The van der Waals surface area contributed by atoms with Crippen molar-refractivity contribution in [1.82, 2.24) is 24.8 Å². The number of likely N-dealkylation sites (tertiary alicyclic amines) is 1. The highest BCUT2D eigenvalue weighted by molar-refractivity contribution is 5.99. The third-order valence-electron chi connectivity index (χ3n) is 5.02. The van der Waals surface area contributed by atoms with E-state index in [1.165, 1.54) is 24.0 Å². The lowest BCUT2D eigenvalue weighted by Gasteiger charge is -2.28. The second kappa shape index (κ2) is 7.25. The summed E-state index contributed by atoms with van der Waals surface area (Å²) in [6.07, 6.45) is 7.47. The van der Waals surface area contributed by atoms with E-state index in [9.17, 15) is 4.79 Å². The van der Waals surface area contributed by atoms with Gasteiger partial charge in [0.15, 0.2) is 5.65 Å². The summed E-state index contributed by atoms with van der Waals surface area (Å²) >= 11 is 0. The number of fused-ring (bicyclic) bond motifs is 1. The third-order valence-corrected chi connectivity index (χ3v) is 5.02. The minimum atomic E-state index is -0.130. The highest BCUT2D eigenvalue weighted by Crippen LogP contribution is 2.25. The van der Waals surface area contributed by atoms with Gasteiger partial charge in [0.2, 0.25) is 0 Å². The van der Waals surface area contributed by atoms with Crippen LogP contribution in [0.4, 0.5) is 0 Å². The lowest BCUT2D eigenvalue weighted by molar-refractivity contribution is 0.0939. The van der Waals surface area contributed by atoms with Crippen LogP contribution in [0, 0.1) is 6.92 Å². The topological polar surface area (TPSA) is 62.5 Å². The molecule has 6 heteroatoms. The fourth-order valence-corrected chi connectivity index (χ4v) is 3.57. The van der Waals surface area contributed by atoms with Crippen LogP contribution in [-0.4, -0.2) is 45.0 Å². The summed E-state index contributed by atoms with van der Waals surface area (Å²) in [5.74, 6) is -0.130. The number of rotatable bonds is 5. The molecule has 1 aliphatic rings. The van der Waals surface area contributed by atoms with E-state index in [4.69, 9.17) is 0 Å². The summed E-state index contributed by atoms with van der Waals surface area (Å²) in [5.41, 5.74) is 3.58. The minimum absolute atomic E-state index is 0.130. The Balaban J connectivity index is 1.52. The SMILES string of the molecule is Cc1ccc([C@@H](CNC(=O)c2cnn3cccnc23)N2CCCC2)cc1. The molecule has 0 unspecified atom stereocenters. The molecule has 1 aromatic carbocycles. The van der Waals surface area contributed by atoms with Crippen LogP contribution >= 0.6 is 0 Å². The number of aromatic nitrogens is 3. The van der Waals surface area contributed by atoms with Crippen LogP contribution in [0.5, 0.6) is 0 Å². The Labute approximate surface area is 152 Å². The quantitative estimate of drug-likeness (QED) is 0.769. The fraction of sp³-hybridized carbons (Fsp3) is 0.350. The molecule has 6 nitrogen and oxygen atoms in total. The molecule has 1 amide bonds. The van der Waals surface area contributed by atoms with Crippen LogP contribution in [0.3, 0.4) is 0 Å². The number of hydrogen-bond acceptors (Lipinski definition) is 4. The van der Waals surface area contributed by atoms with Gasteiger partial charge >= 0.3 is 0 Å². The molecular weight excluding hydrogens is 326 g/mol. The molecule has 1 fully saturated rings. The number of nitrogens with one attached hydrogen (secondary N) is 1. The van der Waals surface area contributed by atoms with Gasteiger partial charge in [-0.05, 0) is 44.5 Å². The number of benzene rings is 1. The first kappa shape index (κ1) is 16.7. The highest BCUT2D eigenvalue weighted by atomic mass is 16.1. The zero-order valence-electron chi connectivity index (χ0n) is 14.9. The van der Waals surface area contributed by atoms with Gasteiger partial charge in [0.25, 0.3) is 5.91 Å². The second-order valence-corrected chi connectivity index (χ2v) is 6.83. The summed E-state index contributed by atoms with van der Waals surface area (Å²) in [5, 5.41) is 7.29. The van der Waals surface area contributed by atoms with E-state index >= 15 is 0 Å². The molecule has 3 aromatic rings. The zero-order chi connectivity index (χ0) is 17.9. The van der Waals surface area contributed by atoms with Crippen LogP contribution in [-0.2, 0) is 0 Å². The third kappa shape index (κ3) is 3.32. The fourth-order valence-electron chi connectivity index (χ4n) is 3.57. The Morgan fingerprint density at radius 2 is 2.00 bits per heavy atom. The molecule has 0 saturated carbocycles. The van der Waals surface area contributed by atoms with Gasteiger partial charge in [-0.2, -0.15) is 5.10 Å². The number of carbonyl (C=O) groups is 1. The maximum atomic E-state index is 12.7. The van der Waals surface area contributed by atoms with Gasteiger partial charge in [-0.25, -0.2) is 9.50 Å². The molecular formula is C20H23N5O. The number of aryl methyl sites for hydroxylation is 1. The highest BCUT2D eigenvalue weighted by Gasteiger charge is 2.24. The molecule has 2 aromatic heterocycles. The van der Waals surface area contributed by atoms with Crippen molar-refractivity contribution in [2.24, 2.45) is 0 Å². The Bertz CT molecular complexity index is 896. The van der Waals surface area contributed by atoms with Gasteiger partial charge in [0.05, 0.1) is 12.2 Å². The summed E-state index contributed by atoms with van der Waals surface area (Å²) in [7, 11) is 0. The molecule has 4 rings (SSSR count). The molecule has 1 atom stereocenters. The van der Waals surface area contributed by atoms with E-state index in [0.717, 1.165) is 13.1 Å². The van der Waals surface area contributed by atoms with Crippen molar-refractivity contribution in [2.45, 2.75) is 25.8 Å². The van der Waals surface area contributed by atoms with Crippen LogP contribution in [0.2, 0.25) is 0 Å². The van der Waals surface area contributed by atoms with Crippen LogP contribution in [0.15, 0.2) is 48.9 Å². The lowest BCUT2D eigenvalue weighted by Crippen LogP contribution is -2.36. The van der Waals surface area contributed by atoms with E-state index in [1.54, 1.807) is 29.2 Å². The van der Waals surface area contributed by atoms with E-state index in [0.29, 0.717) is 17.8 Å². The summed E-state index contributed by atoms with van der Waals surface area (Å²) < 4.78 is 1.62. The zero-order valence-corrected chi connectivity index (χ0v) is 14.9. The molecule has 0 aliphatic carbocycles. The summed E-state index contributed by atoms with van der Waals surface area (Å²) in [4.78, 5) is 19.4. The maximum absolute atomic E-state index is 12.7. The number of amides is 1. The van der Waals surface area contributed by atoms with Gasteiger partial charge in [-0.1, -0.05) is 29.8 Å². The normalized spacial score (nSPS) is 16.0. The number of hydrogen-bond donors (Lipinski definition) is 1. The molecule has 3 heterocycles. The molecule has 0 bridgehead atoms. The molecule has 1 aliphatic heterocycles. The van der Waals surface area contributed by atoms with Crippen molar-refractivity contribution in [2.75, 3.05) is 19.6 Å². The van der Waals surface area contributed by atoms with Crippen molar-refractivity contribution in [1.29, 1.82) is 0 Å². The molecule has 26 heavy (non-hydrogen) atoms. The van der Waals surface area contributed by atoms with Crippen LogP contribution < -0.4 is 5.32 Å². The molecule has 1 saturated heterocycles. The largest absolute Gasteiger partial charge is 0.350 e. The molecule has 0 radical (unpaired) electrons. The Morgan fingerprint density at radius 3 is 2.77 bits per heavy atom. The van der Waals surface area contributed by atoms with Gasteiger partial charge in [0.1, 0.15) is 5.56 Å². The van der Waals surface area contributed by atoms with E-state index in [-0.39, 0.29) is 11.9 Å². The molecule has 134 valence electrons. The summed E-state index contributed by atoms with van der Waals surface area (Å²) in [6.45, 7) is 4.82. The number of carbonyl (C=O) groups excluding carboxylic acids is 1. The standard InChI is InChI=1S/C20H23N5O/c1-15-5-7-16(8-6-15)18(24-10-2-3-11-24)14-22-20(26)17-13-23-25-12-4-9-21-19(17)25/h4-9,12-13,18H,2-3,10-11,14H2,1H3,(H,22,26)/t18-/m1/s1. The van der Waals surface area contributed by atoms with Gasteiger partial charge < -0.3 is 5.32 Å². The first-order valence-corrected chi connectivity index (χ1v) is 9.09. The predicted octanol–water partition coefficient (Wildman–Crippen LogP) is 2.60. The predicted molar refractivity (Wildman–Crippen MR) is 100 cm³/mol. The maximum Gasteiger partial charge on any atom is 0.256 e. The lowest BCUT2D eigenvalue weighted by atomic mass is 10.0. The summed E-state index contributed by atoms with van der Waals surface area (Å²) in [6, 6.07) is 10.6. The van der Waals surface area contributed by atoms with E-state index in [2.05, 4.69) is 51.5 Å². The van der Waals surface area contributed by atoms with Gasteiger partial charge in [-0.15, -0.1) is 0 Å². The Kier molecular flexibility index (Phi) is 4.67. The van der Waals surface area contributed by atoms with Crippen LogP contribution in [0.25, 0.3) is 5.65 Å². The van der Waals surface area contributed by atoms with Crippen molar-refractivity contribution >= 4 is 11.6 Å². The second-order valence-electron chi connectivity index (χ2n) is 6.83. The first-order valence-electron chi connectivity index (χ1n) is 9.09. The van der Waals surface area contributed by atoms with E-state index in [1.807, 2.05) is 0 Å². The number of nitrogens with zero attached hydrogens (tertiary/aromatic N) is 4. The average molecular weight is 349 g/mol. The first-order chi connectivity index (χ1) is 12.7. The monoisotopic (exact) mass is 349 g/mol. The Morgan fingerprint density at radius 1 is 1.23 bits per heavy atom. The minimum Gasteiger partial charge on any atom is -0.350 e. The van der Waals surface area contributed by atoms with Crippen molar-refractivity contribution < 1.29 is 4.79 Å². The molecule has 0 spiro atoms. The van der Waals surface area contributed by atoms with Crippen molar-refractivity contribution in [3.63, 3.8) is 0 Å². The molecule has 1 N–H and O–H groups in total. The van der Waals surface area contributed by atoms with Gasteiger partial charge in [-0.3, -0.25) is 9.69 Å². The van der Waals surface area contributed by atoms with E-state index < -0.39 is 0 Å². The van der Waals surface area contributed by atoms with Crippen molar-refractivity contribution in [3.05, 3.63) is 65.6 Å².